The number of nitrogens with zero attached hydrogens (tertiary/aromatic N) is 2. The van der Waals surface area contributed by atoms with Crippen molar-refractivity contribution in [3.05, 3.63) is 29.3 Å². The Balaban J connectivity index is 0.00000196. The first kappa shape index (κ1) is 15.1. The molecule has 2 nitrogen and oxygen atoms in total. The SMILES string of the molecule is CSC(=Nc1ccc(Cl)cc1)N(C)C.I. The van der Waals surface area contributed by atoms with E-state index in [1.807, 2.05) is 49.5 Å². The van der Waals surface area contributed by atoms with E-state index in [1.165, 1.54) is 0 Å². The van der Waals surface area contributed by atoms with E-state index < -0.39 is 0 Å². The van der Waals surface area contributed by atoms with Gasteiger partial charge in [-0.2, -0.15) is 0 Å². The maximum absolute atomic E-state index is 5.78. The van der Waals surface area contributed by atoms with E-state index in [2.05, 4.69) is 4.99 Å². The minimum atomic E-state index is 0. The summed E-state index contributed by atoms with van der Waals surface area (Å²) in [5.74, 6) is 0. The van der Waals surface area contributed by atoms with Crippen LogP contribution in [0.25, 0.3) is 0 Å². The van der Waals surface area contributed by atoms with Crippen molar-refractivity contribution in [3.63, 3.8) is 0 Å². The first-order chi connectivity index (χ1) is 6.63. The molecule has 0 fully saturated rings. The van der Waals surface area contributed by atoms with Crippen LogP contribution in [0, 0.1) is 0 Å². The van der Waals surface area contributed by atoms with Gasteiger partial charge in [-0.15, -0.1) is 24.0 Å². The van der Waals surface area contributed by atoms with E-state index in [-0.39, 0.29) is 24.0 Å². The van der Waals surface area contributed by atoms with Crippen LogP contribution < -0.4 is 0 Å². The zero-order chi connectivity index (χ0) is 10.6. The Labute approximate surface area is 117 Å². The van der Waals surface area contributed by atoms with Crippen LogP contribution in [0.15, 0.2) is 29.3 Å². The van der Waals surface area contributed by atoms with Crippen molar-refractivity contribution in [3.8, 4) is 0 Å². The summed E-state index contributed by atoms with van der Waals surface area (Å²) in [5, 5.41) is 1.71. The second kappa shape index (κ2) is 7.35. The normalized spacial score (nSPS) is 10.8. The van der Waals surface area contributed by atoms with Gasteiger partial charge in [0.05, 0.1) is 5.69 Å². The number of rotatable bonds is 1. The summed E-state index contributed by atoms with van der Waals surface area (Å²) < 4.78 is 0. The fourth-order valence-electron chi connectivity index (χ4n) is 0.954. The van der Waals surface area contributed by atoms with E-state index in [4.69, 9.17) is 11.6 Å². The Hall–Kier alpha value is 0.0600. The fourth-order valence-corrected chi connectivity index (χ4v) is 1.64. The Morgan fingerprint density at radius 2 is 1.80 bits per heavy atom. The van der Waals surface area contributed by atoms with Crippen molar-refractivity contribution < 1.29 is 0 Å². The van der Waals surface area contributed by atoms with Gasteiger partial charge in [0.25, 0.3) is 0 Å². The number of hydrogen-bond donors (Lipinski definition) is 0. The lowest BCUT2D eigenvalue weighted by molar-refractivity contribution is 0.637. The number of hydrogen-bond acceptors (Lipinski definition) is 2. The van der Waals surface area contributed by atoms with Crippen molar-refractivity contribution >= 4 is 58.2 Å². The minimum Gasteiger partial charge on any atom is -0.357 e. The van der Waals surface area contributed by atoms with Crippen molar-refractivity contribution in [2.45, 2.75) is 0 Å². The average Bonchev–Trinajstić information content (AvgIpc) is 2.16. The monoisotopic (exact) mass is 356 g/mol. The Kier molecular flexibility index (Phi) is 7.38. The molecule has 0 radical (unpaired) electrons. The lowest BCUT2D eigenvalue weighted by Crippen LogP contribution is -2.17. The molecule has 1 rings (SSSR count). The summed E-state index contributed by atoms with van der Waals surface area (Å²) >= 11 is 7.40. The van der Waals surface area contributed by atoms with Gasteiger partial charge in [-0.05, 0) is 30.5 Å². The highest BCUT2D eigenvalue weighted by Crippen LogP contribution is 2.18. The van der Waals surface area contributed by atoms with Crippen LogP contribution in [0.2, 0.25) is 5.02 Å². The van der Waals surface area contributed by atoms with Gasteiger partial charge in [-0.1, -0.05) is 23.4 Å². The van der Waals surface area contributed by atoms with Gasteiger partial charge in [-0.25, -0.2) is 4.99 Å². The summed E-state index contributed by atoms with van der Waals surface area (Å²) in [6.45, 7) is 0. The fraction of sp³-hybridized carbons (Fsp3) is 0.300. The molecule has 0 aromatic heterocycles. The summed E-state index contributed by atoms with van der Waals surface area (Å²) in [4.78, 5) is 6.45. The Morgan fingerprint density at radius 1 is 1.27 bits per heavy atom. The molecule has 0 bridgehead atoms. The first-order valence-corrected chi connectivity index (χ1v) is 5.79. The molecule has 0 heterocycles. The number of benzene rings is 1. The zero-order valence-electron chi connectivity index (χ0n) is 8.90. The molecule has 0 atom stereocenters. The predicted molar refractivity (Wildman–Crippen MR) is 81.2 cm³/mol. The standard InChI is InChI=1S/C10H13ClN2S.HI/c1-13(2)10(14-3)12-9-6-4-8(11)5-7-9;/h4-7H,1-3H3;1H. The van der Waals surface area contributed by atoms with Crippen LogP contribution in [-0.4, -0.2) is 30.4 Å². The number of halogens is 2. The first-order valence-electron chi connectivity index (χ1n) is 4.19. The highest BCUT2D eigenvalue weighted by Gasteiger charge is 1.99. The van der Waals surface area contributed by atoms with Crippen LogP contribution in [0.1, 0.15) is 0 Å². The van der Waals surface area contributed by atoms with Crippen LogP contribution in [0.5, 0.6) is 0 Å². The molecule has 0 aliphatic carbocycles. The molecule has 0 aliphatic rings. The van der Waals surface area contributed by atoms with Crippen LogP contribution in [0.4, 0.5) is 5.69 Å². The maximum Gasteiger partial charge on any atom is 0.163 e. The molecule has 0 unspecified atom stereocenters. The third kappa shape index (κ3) is 5.08. The van der Waals surface area contributed by atoms with Crippen molar-refractivity contribution in [1.82, 2.24) is 4.90 Å². The van der Waals surface area contributed by atoms with E-state index >= 15 is 0 Å². The van der Waals surface area contributed by atoms with Crippen LogP contribution in [0.3, 0.4) is 0 Å². The average molecular weight is 357 g/mol. The van der Waals surface area contributed by atoms with Gasteiger partial charge in [0.15, 0.2) is 5.17 Å². The number of thioether (sulfide) groups is 1. The van der Waals surface area contributed by atoms with Crippen LogP contribution >= 0.6 is 47.3 Å². The van der Waals surface area contributed by atoms with E-state index in [0.29, 0.717) is 0 Å². The molecular weight excluding hydrogens is 343 g/mol. The summed E-state index contributed by atoms with van der Waals surface area (Å²) in [6.07, 6.45) is 2.01. The van der Waals surface area contributed by atoms with Crippen molar-refractivity contribution in [1.29, 1.82) is 0 Å². The topological polar surface area (TPSA) is 15.6 Å². The molecular formula is C10H14ClIN2S. The molecule has 1 aromatic rings. The summed E-state index contributed by atoms with van der Waals surface area (Å²) in [6, 6.07) is 7.49. The summed E-state index contributed by atoms with van der Waals surface area (Å²) in [5.41, 5.74) is 0.924. The third-order valence-corrected chi connectivity index (χ3v) is 2.69. The zero-order valence-corrected chi connectivity index (χ0v) is 12.8. The molecule has 0 saturated heterocycles. The molecule has 0 aliphatic heterocycles. The van der Waals surface area contributed by atoms with Gasteiger partial charge in [-0.3, -0.25) is 0 Å². The van der Waals surface area contributed by atoms with E-state index in [9.17, 15) is 0 Å². The molecule has 0 amide bonds. The predicted octanol–water partition coefficient (Wildman–Crippen LogP) is 3.87. The molecule has 0 N–H and O–H groups in total. The lowest BCUT2D eigenvalue weighted by Gasteiger charge is -2.12. The minimum absolute atomic E-state index is 0. The van der Waals surface area contributed by atoms with Gasteiger partial charge >= 0.3 is 0 Å². The van der Waals surface area contributed by atoms with E-state index in [0.717, 1.165) is 15.9 Å². The number of aliphatic imine (C=N–C) groups is 1. The molecule has 15 heavy (non-hydrogen) atoms. The Bertz CT molecular complexity index is 325. The summed E-state index contributed by atoms with van der Waals surface area (Å²) in [7, 11) is 3.95. The maximum atomic E-state index is 5.78. The van der Waals surface area contributed by atoms with Gasteiger partial charge in [0.1, 0.15) is 0 Å². The second-order valence-electron chi connectivity index (χ2n) is 2.97. The Morgan fingerprint density at radius 3 is 2.20 bits per heavy atom. The molecule has 84 valence electrons. The number of amidine groups is 1. The second-order valence-corrected chi connectivity index (χ2v) is 4.18. The lowest BCUT2D eigenvalue weighted by atomic mass is 10.3. The highest BCUT2D eigenvalue weighted by atomic mass is 127. The van der Waals surface area contributed by atoms with Gasteiger partial charge < -0.3 is 4.90 Å². The van der Waals surface area contributed by atoms with Crippen molar-refractivity contribution in [2.24, 2.45) is 4.99 Å². The van der Waals surface area contributed by atoms with Crippen molar-refractivity contribution in [2.75, 3.05) is 20.4 Å². The molecule has 0 saturated carbocycles. The molecule has 5 heteroatoms. The van der Waals surface area contributed by atoms with E-state index in [1.54, 1.807) is 11.8 Å². The van der Waals surface area contributed by atoms with Crippen LogP contribution in [-0.2, 0) is 0 Å². The third-order valence-electron chi connectivity index (χ3n) is 1.62. The smallest absolute Gasteiger partial charge is 0.163 e. The highest BCUT2D eigenvalue weighted by molar-refractivity contribution is 14.0. The van der Waals surface area contributed by atoms with Gasteiger partial charge in [0, 0.05) is 19.1 Å². The quantitative estimate of drug-likeness (QED) is 0.431. The molecule has 0 spiro atoms. The molecule has 1 aromatic carbocycles. The van der Waals surface area contributed by atoms with Gasteiger partial charge in [0.2, 0.25) is 0 Å². The largest absolute Gasteiger partial charge is 0.357 e.